The van der Waals surface area contributed by atoms with Crippen LogP contribution in [0.3, 0.4) is 0 Å². The summed E-state index contributed by atoms with van der Waals surface area (Å²) in [7, 11) is 0. The van der Waals surface area contributed by atoms with Crippen LogP contribution in [0.5, 0.6) is 0 Å². The Morgan fingerprint density at radius 1 is 1.35 bits per heavy atom. The van der Waals surface area contributed by atoms with E-state index in [0.717, 1.165) is 0 Å². The summed E-state index contributed by atoms with van der Waals surface area (Å²) in [4.78, 5) is 11.5. The second kappa shape index (κ2) is 4.45. The third kappa shape index (κ3) is 2.75. The highest BCUT2D eigenvalue weighted by Crippen LogP contribution is 2.22. The van der Waals surface area contributed by atoms with Crippen molar-refractivity contribution in [2.45, 2.75) is 13.8 Å². The van der Waals surface area contributed by atoms with Gasteiger partial charge >= 0.3 is 0 Å². The quantitative estimate of drug-likeness (QED) is 0.810. The van der Waals surface area contributed by atoms with Crippen molar-refractivity contribution in [3.8, 4) is 6.07 Å². The average Bonchev–Trinajstić information content (AvgIpc) is 2.25. The number of hydrogen-bond acceptors (Lipinski definition) is 2. The van der Waals surface area contributed by atoms with Crippen LogP contribution in [0.15, 0.2) is 12.1 Å². The molecule has 6 heteroatoms. The molecule has 1 aromatic carbocycles. The fourth-order valence-electron chi connectivity index (χ4n) is 0.976. The SMILES string of the molecule is CC(C)(C#N)C(=O)Nc1cc(F)cc(F)c1F. The number of carbonyl (C=O) groups excluding carboxylic acids is 1. The summed E-state index contributed by atoms with van der Waals surface area (Å²) in [5, 5.41) is 10.6. The van der Waals surface area contributed by atoms with Gasteiger partial charge < -0.3 is 5.32 Å². The Morgan fingerprint density at radius 2 is 1.94 bits per heavy atom. The first-order chi connectivity index (χ1) is 7.77. The molecule has 0 aliphatic carbocycles. The van der Waals surface area contributed by atoms with Crippen molar-refractivity contribution in [1.29, 1.82) is 5.26 Å². The zero-order valence-corrected chi connectivity index (χ0v) is 9.14. The predicted molar refractivity (Wildman–Crippen MR) is 54.3 cm³/mol. The molecule has 0 saturated carbocycles. The average molecular weight is 242 g/mol. The minimum Gasteiger partial charge on any atom is -0.322 e. The molecule has 0 spiro atoms. The molecular weight excluding hydrogens is 233 g/mol. The molecule has 0 fully saturated rings. The normalized spacial score (nSPS) is 10.8. The molecule has 0 bridgehead atoms. The van der Waals surface area contributed by atoms with E-state index in [2.05, 4.69) is 0 Å². The van der Waals surface area contributed by atoms with Crippen molar-refractivity contribution < 1.29 is 18.0 Å². The maximum absolute atomic E-state index is 13.2. The van der Waals surface area contributed by atoms with E-state index in [0.29, 0.717) is 12.1 Å². The summed E-state index contributed by atoms with van der Waals surface area (Å²) in [5.41, 5.74) is -2.05. The van der Waals surface area contributed by atoms with E-state index in [1.165, 1.54) is 13.8 Å². The highest BCUT2D eigenvalue weighted by molar-refractivity contribution is 5.96. The van der Waals surface area contributed by atoms with Gasteiger partial charge in [0.15, 0.2) is 11.6 Å². The van der Waals surface area contributed by atoms with Gasteiger partial charge in [-0.15, -0.1) is 0 Å². The Balaban J connectivity index is 3.06. The van der Waals surface area contributed by atoms with Crippen molar-refractivity contribution in [1.82, 2.24) is 0 Å². The zero-order valence-electron chi connectivity index (χ0n) is 9.14. The number of halogens is 3. The largest absolute Gasteiger partial charge is 0.322 e. The number of rotatable bonds is 2. The summed E-state index contributed by atoms with van der Waals surface area (Å²) >= 11 is 0. The van der Waals surface area contributed by atoms with Crippen LogP contribution in [0.25, 0.3) is 0 Å². The zero-order chi connectivity index (χ0) is 13.2. The molecule has 0 atom stereocenters. The summed E-state index contributed by atoms with van der Waals surface area (Å²) < 4.78 is 38.8. The molecule has 1 rings (SSSR count). The van der Waals surface area contributed by atoms with Crippen LogP contribution in [0.2, 0.25) is 0 Å². The number of nitrogens with zero attached hydrogens (tertiary/aromatic N) is 1. The summed E-state index contributed by atoms with van der Waals surface area (Å²) in [6.07, 6.45) is 0. The first kappa shape index (κ1) is 13.0. The maximum atomic E-state index is 13.2. The molecule has 1 N–H and O–H groups in total. The molecule has 1 amide bonds. The van der Waals surface area contributed by atoms with Gasteiger partial charge in [0.1, 0.15) is 11.2 Å². The maximum Gasteiger partial charge on any atom is 0.244 e. The van der Waals surface area contributed by atoms with Gasteiger partial charge in [0.2, 0.25) is 5.91 Å². The Bertz CT molecular complexity index is 506. The monoisotopic (exact) mass is 242 g/mol. The minimum atomic E-state index is -1.42. The van der Waals surface area contributed by atoms with E-state index in [1.54, 1.807) is 6.07 Å². The summed E-state index contributed by atoms with van der Waals surface area (Å²) in [6.45, 7) is 2.60. The number of nitriles is 1. The van der Waals surface area contributed by atoms with E-state index in [9.17, 15) is 18.0 Å². The second-order valence-electron chi connectivity index (χ2n) is 3.94. The van der Waals surface area contributed by atoms with Crippen molar-refractivity contribution in [2.24, 2.45) is 5.41 Å². The van der Waals surface area contributed by atoms with Gasteiger partial charge in [-0.3, -0.25) is 4.79 Å². The second-order valence-corrected chi connectivity index (χ2v) is 3.94. The molecular formula is C11H9F3N2O. The number of benzene rings is 1. The fraction of sp³-hybridized carbons (Fsp3) is 0.273. The smallest absolute Gasteiger partial charge is 0.244 e. The summed E-state index contributed by atoms with van der Waals surface area (Å²) in [5.74, 6) is -4.64. The Labute approximate surface area is 95.9 Å². The van der Waals surface area contributed by atoms with Crippen LogP contribution in [-0.2, 0) is 4.79 Å². The van der Waals surface area contributed by atoms with Crippen molar-refractivity contribution in [3.05, 3.63) is 29.6 Å². The van der Waals surface area contributed by atoms with Gasteiger partial charge in [-0.1, -0.05) is 0 Å². The fourth-order valence-corrected chi connectivity index (χ4v) is 0.976. The van der Waals surface area contributed by atoms with Crippen LogP contribution in [0, 0.1) is 34.2 Å². The highest BCUT2D eigenvalue weighted by atomic mass is 19.2. The van der Waals surface area contributed by atoms with Crippen LogP contribution < -0.4 is 5.32 Å². The highest BCUT2D eigenvalue weighted by Gasteiger charge is 2.28. The Hall–Kier alpha value is -2.03. The number of anilines is 1. The number of carbonyl (C=O) groups is 1. The molecule has 1 aromatic rings. The van der Waals surface area contributed by atoms with Crippen LogP contribution in [0.1, 0.15) is 13.8 Å². The van der Waals surface area contributed by atoms with Gasteiger partial charge in [0, 0.05) is 12.1 Å². The van der Waals surface area contributed by atoms with E-state index in [4.69, 9.17) is 5.26 Å². The van der Waals surface area contributed by atoms with Crippen molar-refractivity contribution in [2.75, 3.05) is 5.32 Å². The van der Waals surface area contributed by atoms with E-state index in [-0.39, 0.29) is 0 Å². The molecule has 0 radical (unpaired) electrons. The predicted octanol–water partition coefficient (Wildman–Crippen LogP) is 2.59. The lowest BCUT2D eigenvalue weighted by atomic mass is 9.94. The van der Waals surface area contributed by atoms with E-state index < -0.39 is 34.5 Å². The van der Waals surface area contributed by atoms with Gasteiger partial charge in [0.05, 0.1) is 11.8 Å². The van der Waals surface area contributed by atoms with Gasteiger partial charge in [0.25, 0.3) is 0 Å². The van der Waals surface area contributed by atoms with Crippen LogP contribution in [-0.4, -0.2) is 5.91 Å². The van der Waals surface area contributed by atoms with Crippen molar-refractivity contribution in [3.63, 3.8) is 0 Å². The summed E-state index contributed by atoms with van der Waals surface area (Å²) in [6, 6.07) is 2.69. The topological polar surface area (TPSA) is 52.9 Å². The molecule has 3 nitrogen and oxygen atoms in total. The number of hydrogen-bond donors (Lipinski definition) is 1. The third-order valence-electron chi connectivity index (χ3n) is 2.09. The third-order valence-corrected chi connectivity index (χ3v) is 2.09. The van der Waals surface area contributed by atoms with Crippen molar-refractivity contribution >= 4 is 11.6 Å². The molecule has 0 saturated heterocycles. The lowest BCUT2D eigenvalue weighted by molar-refractivity contribution is -0.121. The number of amides is 1. The van der Waals surface area contributed by atoms with Crippen LogP contribution >= 0.6 is 0 Å². The lowest BCUT2D eigenvalue weighted by Gasteiger charge is -2.15. The van der Waals surface area contributed by atoms with E-state index >= 15 is 0 Å². The lowest BCUT2D eigenvalue weighted by Crippen LogP contribution is -2.29. The van der Waals surface area contributed by atoms with Gasteiger partial charge in [-0.2, -0.15) is 5.26 Å². The molecule has 17 heavy (non-hydrogen) atoms. The molecule has 90 valence electrons. The molecule has 0 aliphatic rings. The molecule has 0 heterocycles. The Kier molecular flexibility index (Phi) is 3.42. The van der Waals surface area contributed by atoms with Gasteiger partial charge in [-0.25, -0.2) is 13.2 Å². The molecule has 0 aromatic heterocycles. The standard InChI is InChI=1S/C11H9F3N2O/c1-11(2,5-15)10(17)16-8-4-6(12)3-7(13)9(8)14/h3-4H,1-2H3,(H,16,17). The molecule has 0 unspecified atom stereocenters. The van der Waals surface area contributed by atoms with E-state index in [1.807, 2.05) is 5.32 Å². The first-order valence-corrected chi connectivity index (χ1v) is 4.65. The van der Waals surface area contributed by atoms with Gasteiger partial charge in [-0.05, 0) is 13.8 Å². The van der Waals surface area contributed by atoms with Crippen LogP contribution in [0.4, 0.5) is 18.9 Å². The minimum absolute atomic E-state index is 0.362. The number of nitrogens with one attached hydrogen (secondary N) is 1. The molecule has 0 aliphatic heterocycles. The Morgan fingerprint density at radius 3 is 2.47 bits per heavy atom. The first-order valence-electron chi connectivity index (χ1n) is 4.65.